The highest BCUT2D eigenvalue weighted by Crippen LogP contribution is 2.62. The number of fused-ring (bicyclic) bond motifs is 9. The summed E-state index contributed by atoms with van der Waals surface area (Å²) < 4.78 is 6.78. The molecule has 1 spiro atoms. The maximum Gasteiger partial charge on any atom is 0.160 e. The first kappa shape index (κ1) is 32.1. The molecule has 9 aromatic rings. The summed E-state index contributed by atoms with van der Waals surface area (Å²) in [7, 11) is 0. The fourth-order valence-corrected chi connectivity index (χ4v) is 8.90. The number of hydrogen-bond acceptors (Lipinski definition) is 3. The lowest BCUT2D eigenvalue weighted by Gasteiger charge is -2.39. The Morgan fingerprint density at radius 3 is 1.50 bits per heavy atom. The zero-order valence-electron chi connectivity index (χ0n) is 30.4. The lowest BCUT2D eigenvalue weighted by Crippen LogP contribution is -2.32. The third kappa shape index (κ3) is 4.98. The third-order valence-corrected chi connectivity index (χ3v) is 11.4. The lowest BCUT2D eigenvalue weighted by molar-refractivity contribution is 0.436. The Kier molecular flexibility index (Phi) is 7.39. The standard InChI is InChI=1S/C53H34N2O/c1-3-15-36(16-4-1)40-19-7-8-22-43(40)49-34-48(37-17-5-2-6-18-37)54-52(55-49)38-29-27-35(28-30-38)39-31-32-47-51(33-39)56-50-26-14-13-25-46(50)53(47)44-23-11-9-20-41(44)42-21-10-12-24-45(42)53/h1-34H. The van der Waals surface area contributed by atoms with Crippen LogP contribution in [-0.2, 0) is 5.41 Å². The van der Waals surface area contributed by atoms with E-state index in [0.29, 0.717) is 5.82 Å². The van der Waals surface area contributed by atoms with Gasteiger partial charge in [0, 0.05) is 27.8 Å². The minimum absolute atomic E-state index is 0.475. The Hall–Kier alpha value is -7.36. The van der Waals surface area contributed by atoms with Crippen molar-refractivity contribution in [1.82, 2.24) is 9.97 Å². The molecule has 0 fully saturated rings. The van der Waals surface area contributed by atoms with Gasteiger partial charge in [-0.25, -0.2) is 9.97 Å². The van der Waals surface area contributed by atoms with Crippen molar-refractivity contribution in [2.75, 3.05) is 0 Å². The minimum Gasteiger partial charge on any atom is -0.457 e. The second kappa shape index (κ2) is 12.9. The Labute approximate surface area is 326 Å². The van der Waals surface area contributed by atoms with Gasteiger partial charge < -0.3 is 4.74 Å². The molecule has 0 unspecified atom stereocenters. The fraction of sp³-hybridized carbons (Fsp3) is 0.0189. The van der Waals surface area contributed by atoms with Crippen molar-refractivity contribution >= 4 is 0 Å². The summed E-state index contributed by atoms with van der Waals surface area (Å²) in [5.74, 6) is 2.44. The van der Waals surface area contributed by atoms with Crippen LogP contribution >= 0.6 is 0 Å². The predicted octanol–water partition coefficient (Wildman–Crippen LogP) is 13.3. The molecule has 0 N–H and O–H groups in total. The summed E-state index contributed by atoms with van der Waals surface area (Å²) in [4.78, 5) is 10.3. The van der Waals surface area contributed by atoms with Gasteiger partial charge in [0.2, 0.25) is 0 Å². The zero-order valence-corrected chi connectivity index (χ0v) is 30.4. The van der Waals surface area contributed by atoms with Crippen molar-refractivity contribution in [3.63, 3.8) is 0 Å². The molecule has 0 bridgehead atoms. The molecule has 8 aromatic carbocycles. The number of para-hydroxylation sites is 1. The van der Waals surface area contributed by atoms with Crippen LogP contribution < -0.4 is 4.74 Å². The van der Waals surface area contributed by atoms with Crippen molar-refractivity contribution in [2.45, 2.75) is 5.41 Å². The second-order valence-corrected chi connectivity index (χ2v) is 14.5. The molecule has 0 radical (unpaired) electrons. The first-order valence-electron chi connectivity index (χ1n) is 19.1. The number of nitrogens with zero attached hydrogens (tertiary/aromatic N) is 2. The molecule has 0 saturated carbocycles. The van der Waals surface area contributed by atoms with Crippen molar-refractivity contribution in [3.8, 4) is 78.8 Å². The largest absolute Gasteiger partial charge is 0.457 e. The van der Waals surface area contributed by atoms with E-state index in [1.165, 1.54) is 27.8 Å². The summed E-state index contributed by atoms with van der Waals surface area (Å²) in [5, 5.41) is 0. The summed E-state index contributed by atoms with van der Waals surface area (Å²) in [6.07, 6.45) is 0. The molecule has 1 aliphatic heterocycles. The molecule has 0 atom stereocenters. The van der Waals surface area contributed by atoms with Crippen molar-refractivity contribution in [2.24, 2.45) is 0 Å². The van der Waals surface area contributed by atoms with Crippen LogP contribution in [0.1, 0.15) is 22.3 Å². The molecule has 2 aliphatic rings. The highest BCUT2D eigenvalue weighted by atomic mass is 16.5. The van der Waals surface area contributed by atoms with Gasteiger partial charge in [-0.3, -0.25) is 0 Å². The van der Waals surface area contributed by atoms with E-state index in [4.69, 9.17) is 14.7 Å². The number of rotatable bonds is 5. The third-order valence-electron chi connectivity index (χ3n) is 11.4. The van der Waals surface area contributed by atoms with E-state index in [1.807, 2.05) is 12.1 Å². The molecular formula is C53H34N2O. The Morgan fingerprint density at radius 1 is 0.304 bits per heavy atom. The molecule has 2 heterocycles. The van der Waals surface area contributed by atoms with Gasteiger partial charge in [-0.05, 0) is 62.7 Å². The molecular weight excluding hydrogens is 681 g/mol. The predicted molar refractivity (Wildman–Crippen MR) is 227 cm³/mol. The first-order valence-corrected chi connectivity index (χ1v) is 19.1. The smallest absolute Gasteiger partial charge is 0.160 e. The van der Waals surface area contributed by atoms with E-state index in [1.54, 1.807) is 0 Å². The Balaban J connectivity index is 1.01. The van der Waals surface area contributed by atoms with Crippen LogP contribution in [0.25, 0.3) is 67.3 Å². The summed E-state index contributed by atoms with van der Waals surface area (Å²) in [5.41, 5.74) is 16.3. The summed E-state index contributed by atoms with van der Waals surface area (Å²) in [6.45, 7) is 0. The van der Waals surface area contributed by atoms with Crippen molar-refractivity contribution in [1.29, 1.82) is 0 Å². The van der Waals surface area contributed by atoms with Crippen LogP contribution in [0.4, 0.5) is 0 Å². The van der Waals surface area contributed by atoms with Gasteiger partial charge in [0.25, 0.3) is 0 Å². The van der Waals surface area contributed by atoms with E-state index in [-0.39, 0.29) is 0 Å². The highest BCUT2D eigenvalue weighted by Gasteiger charge is 2.50. The van der Waals surface area contributed by atoms with Gasteiger partial charge in [0.1, 0.15) is 11.5 Å². The van der Waals surface area contributed by atoms with Gasteiger partial charge >= 0.3 is 0 Å². The normalized spacial score (nSPS) is 12.9. The highest BCUT2D eigenvalue weighted by molar-refractivity contribution is 5.89. The van der Waals surface area contributed by atoms with Gasteiger partial charge in [0.05, 0.1) is 16.8 Å². The summed E-state index contributed by atoms with van der Waals surface area (Å²) in [6, 6.07) is 72.9. The zero-order chi connectivity index (χ0) is 37.1. The molecule has 3 heteroatoms. The number of ether oxygens (including phenoxy) is 1. The first-order chi connectivity index (χ1) is 27.8. The van der Waals surface area contributed by atoms with Crippen LogP contribution in [-0.4, -0.2) is 9.97 Å². The van der Waals surface area contributed by atoms with Gasteiger partial charge in [-0.2, -0.15) is 0 Å². The second-order valence-electron chi connectivity index (χ2n) is 14.5. The number of benzene rings is 8. The topological polar surface area (TPSA) is 35.0 Å². The average molecular weight is 715 g/mol. The Morgan fingerprint density at radius 2 is 0.804 bits per heavy atom. The number of hydrogen-bond donors (Lipinski definition) is 0. The minimum atomic E-state index is -0.475. The van der Waals surface area contributed by atoms with Crippen LogP contribution in [0.3, 0.4) is 0 Å². The lowest BCUT2D eigenvalue weighted by atomic mass is 9.66. The number of aromatic nitrogens is 2. The van der Waals surface area contributed by atoms with E-state index in [0.717, 1.165) is 67.4 Å². The maximum atomic E-state index is 6.78. The maximum absolute atomic E-state index is 6.78. The molecule has 0 saturated heterocycles. The molecule has 1 aromatic heterocycles. The van der Waals surface area contributed by atoms with Crippen LogP contribution in [0.2, 0.25) is 0 Å². The van der Waals surface area contributed by atoms with Gasteiger partial charge in [-0.15, -0.1) is 0 Å². The molecule has 56 heavy (non-hydrogen) atoms. The van der Waals surface area contributed by atoms with Crippen LogP contribution in [0.15, 0.2) is 206 Å². The molecule has 0 amide bonds. The van der Waals surface area contributed by atoms with E-state index in [9.17, 15) is 0 Å². The van der Waals surface area contributed by atoms with Gasteiger partial charge in [0.15, 0.2) is 5.82 Å². The summed E-state index contributed by atoms with van der Waals surface area (Å²) >= 11 is 0. The van der Waals surface area contributed by atoms with E-state index >= 15 is 0 Å². The average Bonchev–Trinajstić information content (AvgIpc) is 3.57. The SMILES string of the molecule is c1ccc(-c2cc(-c3ccccc3-c3ccccc3)nc(-c3ccc(-c4ccc5c(c4)Oc4ccccc4C54c5ccccc5-c5ccccc54)cc3)n2)cc1. The molecule has 262 valence electrons. The van der Waals surface area contributed by atoms with E-state index < -0.39 is 5.41 Å². The quantitative estimate of drug-likeness (QED) is 0.178. The fourth-order valence-electron chi connectivity index (χ4n) is 8.90. The van der Waals surface area contributed by atoms with Gasteiger partial charge in [-0.1, -0.05) is 188 Å². The van der Waals surface area contributed by atoms with E-state index in [2.05, 4.69) is 194 Å². The van der Waals surface area contributed by atoms with Crippen LogP contribution in [0, 0.1) is 0 Å². The monoisotopic (exact) mass is 714 g/mol. The molecule has 11 rings (SSSR count). The van der Waals surface area contributed by atoms with Crippen LogP contribution in [0.5, 0.6) is 11.5 Å². The molecule has 1 aliphatic carbocycles. The Bertz CT molecular complexity index is 2890. The van der Waals surface area contributed by atoms with Crippen molar-refractivity contribution < 1.29 is 4.74 Å². The molecule has 3 nitrogen and oxygen atoms in total. The van der Waals surface area contributed by atoms with Crippen molar-refractivity contribution in [3.05, 3.63) is 229 Å².